The average Bonchev–Trinajstić information content (AvgIpc) is 2.83. The van der Waals surface area contributed by atoms with Crippen LogP contribution < -0.4 is 0 Å². The molecule has 120 valence electrons. The highest BCUT2D eigenvalue weighted by atomic mass is 35.5. The first kappa shape index (κ1) is 16.8. The summed E-state index contributed by atoms with van der Waals surface area (Å²) in [6.07, 6.45) is 0.476. The number of hydrogen-bond donors (Lipinski definition) is 1. The maximum atomic E-state index is 12.9. The normalized spacial score (nSPS) is 22.9. The first-order chi connectivity index (χ1) is 10.2. The lowest BCUT2D eigenvalue weighted by Crippen LogP contribution is -2.41. The van der Waals surface area contributed by atoms with Gasteiger partial charge in [-0.15, -0.1) is 0 Å². The summed E-state index contributed by atoms with van der Waals surface area (Å²) in [6.45, 7) is 2.39. The molecule has 22 heavy (non-hydrogen) atoms. The van der Waals surface area contributed by atoms with Gasteiger partial charge >= 0.3 is 5.97 Å². The van der Waals surface area contributed by atoms with Gasteiger partial charge in [-0.05, 0) is 45.1 Å². The van der Waals surface area contributed by atoms with Crippen molar-refractivity contribution in [2.75, 3.05) is 27.2 Å². The number of carboxylic acid groups (broad SMARTS) is 1. The second kappa shape index (κ2) is 6.26. The van der Waals surface area contributed by atoms with E-state index in [0.29, 0.717) is 18.0 Å². The van der Waals surface area contributed by atoms with Crippen molar-refractivity contribution in [3.63, 3.8) is 0 Å². The molecule has 1 aromatic carbocycles. The van der Waals surface area contributed by atoms with Crippen molar-refractivity contribution in [2.24, 2.45) is 5.41 Å². The minimum absolute atomic E-state index is 0.0859. The van der Waals surface area contributed by atoms with E-state index in [-0.39, 0.29) is 12.5 Å². The zero-order valence-electron chi connectivity index (χ0n) is 13.0. The number of rotatable bonds is 4. The maximum Gasteiger partial charge on any atom is 0.311 e. The molecular formula is C16H21ClN2O3. The molecule has 0 radical (unpaired) electrons. The van der Waals surface area contributed by atoms with Gasteiger partial charge in [-0.2, -0.15) is 0 Å². The van der Waals surface area contributed by atoms with E-state index in [1.165, 1.54) is 0 Å². The molecule has 5 nitrogen and oxygen atoms in total. The van der Waals surface area contributed by atoms with Crippen LogP contribution >= 0.6 is 11.6 Å². The molecule has 1 amide bonds. The SMILES string of the molecule is CN(C)C(C(=O)N1CCC(C)(C(=O)O)C1)c1cccc(Cl)c1. The van der Waals surface area contributed by atoms with Crippen LogP contribution in [0.25, 0.3) is 0 Å². The summed E-state index contributed by atoms with van der Waals surface area (Å²) in [5.41, 5.74) is -0.0488. The van der Waals surface area contributed by atoms with E-state index in [1.807, 2.05) is 31.1 Å². The Balaban J connectivity index is 2.24. The van der Waals surface area contributed by atoms with Gasteiger partial charge in [-0.3, -0.25) is 14.5 Å². The largest absolute Gasteiger partial charge is 0.481 e. The second-order valence-corrected chi connectivity index (χ2v) is 6.73. The zero-order valence-corrected chi connectivity index (χ0v) is 13.8. The highest BCUT2D eigenvalue weighted by molar-refractivity contribution is 6.30. The van der Waals surface area contributed by atoms with E-state index in [1.54, 1.807) is 24.0 Å². The number of hydrogen-bond acceptors (Lipinski definition) is 3. The van der Waals surface area contributed by atoms with Gasteiger partial charge < -0.3 is 10.0 Å². The third kappa shape index (κ3) is 3.25. The van der Waals surface area contributed by atoms with Crippen molar-refractivity contribution in [1.82, 2.24) is 9.80 Å². The third-order valence-corrected chi connectivity index (χ3v) is 4.45. The molecule has 2 rings (SSSR count). The molecule has 0 spiro atoms. The molecule has 0 bridgehead atoms. The van der Waals surface area contributed by atoms with Crippen LogP contribution in [0.5, 0.6) is 0 Å². The van der Waals surface area contributed by atoms with Gasteiger partial charge in [0.15, 0.2) is 0 Å². The Labute approximate surface area is 135 Å². The van der Waals surface area contributed by atoms with Crippen LogP contribution in [-0.2, 0) is 9.59 Å². The predicted molar refractivity (Wildman–Crippen MR) is 84.8 cm³/mol. The number of carbonyl (C=O) groups excluding carboxylic acids is 1. The number of benzene rings is 1. The zero-order chi connectivity index (χ0) is 16.5. The molecule has 1 saturated heterocycles. The number of likely N-dealkylation sites (N-methyl/N-ethyl adjacent to an activating group) is 1. The molecule has 1 aliphatic rings. The fraction of sp³-hybridized carbons (Fsp3) is 0.500. The van der Waals surface area contributed by atoms with Crippen molar-refractivity contribution in [2.45, 2.75) is 19.4 Å². The van der Waals surface area contributed by atoms with Gasteiger partial charge in [0.25, 0.3) is 0 Å². The number of carbonyl (C=O) groups is 2. The lowest BCUT2D eigenvalue weighted by atomic mass is 9.90. The maximum absolute atomic E-state index is 12.9. The Hall–Kier alpha value is -1.59. The topological polar surface area (TPSA) is 60.9 Å². The first-order valence-corrected chi connectivity index (χ1v) is 7.56. The highest BCUT2D eigenvalue weighted by Gasteiger charge is 2.43. The summed E-state index contributed by atoms with van der Waals surface area (Å²) in [5.74, 6) is -0.941. The molecule has 0 saturated carbocycles. The summed E-state index contributed by atoms with van der Waals surface area (Å²) in [5, 5.41) is 9.89. The number of halogens is 1. The van der Waals surface area contributed by atoms with Crippen molar-refractivity contribution in [3.05, 3.63) is 34.9 Å². The molecule has 1 aliphatic heterocycles. The van der Waals surface area contributed by atoms with Crippen LogP contribution in [0, 0.1) is 5.41 Å². The molecular weight excluding hydrogens is 304 g/mol. The van der Waals surface area contributed by atoms with E-state index in [0.717, 1.165) is 5.56 Å². The van der Waals surface area contributed by atoms with Crippen molar-refractivity contribution >= 4 is 23.5 Å². The number of aliphatic carboxylic acids is 1. The standard InChI is InChI=1S/C16H21ClN2O3/c1-16(15(21)22)7-8-19(10-16)14(20)13(18(2)3)11-5-4-6-12(17)9-11/h4-6,9,13H,7-8,10H2,1-3H3,(H,21,22). The third-order valence-electron chi connectivity index (χ3n) is 4.22. The number of carboxylic acids is 1. The molecule has 2 atom stereocenters. The Kier molecular flexibility index (Phi) is 4.78. The van der Waals surface area contributed by atoms with E-state index in [4.69, 9.17) is 11.6 Å². The van der Waals surface area contributed by atoms with Gasteiger partial charge in [0.2, 0.25) is 5.91 Å². The summed E-state index contributed by atoms with van der Waals surface area (Å²) >= 11 is 6.02. The van der Waals surface area contributed by atoms with E-state index >= 15 is 0 Å². The highest BCUT2D eigenvalue weighted by Crippen LogP contribution is 2.33. The van der Waals surface area contributed by atoms with Crippen LogP contribution in [-0.4, -0.2) is 54.0 Å². The molecule has 6 heteroatoms. The van der Waals surface area contributed by atoms with E-state index in [2.05, 4.69) is 0 Å². The summed E-state index contributed by atoms with van der Waals surface area (Å²) in [7, 11) is 3.66. The van der Waals surface area contributed by atoms with E-state index < -0.39 is 17.4 Å². The molecule has 2 unspecified atom stereocenters. The predicted octanol–water partition coefficient (Wildman–Crippen LogP) is 2.27. The smallest absolute Gasteiger partial charge is 0.311 e. The number of amides is 1. The second-order valence-electron chi connectivity index (χ2n) is 6.30. The van der Waals surface area contributed by atoms with Crippen LogP contribution in [0.1, 0.15) is 24.9 Å². The average molecular weight is 325 g/mol. The fourth-order valence-electron chi connectivity index (χ4n) is 2.83. The van der Waals surface area contributed by atoms with Crippen molar-refractivity contribution < 1.29 is 14.7 Å². The number of likely N-dealkylation sites (tertiary alicyclic amines) is 1. The minimum atomic E-state index is -0.860. The Morgan fingerprint density at radius 2 is 2.09 bits per heavy atom. The van der Waals surface area contributed by atoms with Gasteiger partial charge in [0.05, 0.1) is 5.41 Å². The van der Waals surface area contributed by atoms with Gasteiger partial charge in [0, 0.05) is 18.1 Å². The molecule has 1 N–H and O–H groups in total. The van der Waals surface area contributed by atoms with Gasteiger partial charge in [-0.25, -0.2) is 0 Å². The number of nitrogens with zero attached hydrogens (tertiary/aromatic N) is 2. The van der Waals surface area contributed by atoms with Gasteiger partial charge in [-0.1, -0.05) is 23.7 Å². The summed E-state index contributed by atoms with van der Waals surface area (Å²) < 4.78 is 0. The lowest BCUT2D eigenvalue weighted by molar-refractivity contribution is -0.147. The van der Waals surface area contributed by atoms with Crippen LogP contribution in [0.3, 0.4) is 0 Å². The van der Waals surface area contributed by atoms with Crippen LogP contribution in [0.4, 0.5) is 0 Å². The Morgan fingerprint density at radius 3 is 2.59 bits per heavy atom. The Morgan fingerprint density at radius 1 is 1.41 bits per heavy atom. The van der Waals surface area contributed by atoms with Crippen molar-refractivity contribution in [1.29, 1.82) is 0 Å². The van der Waals surface area contributed by atoms with Crippen LogP contribution in [0.15, 0.2) is 24.3 Å². The molecule has 1 heterocycles. The summed E-state index contributed by atoms with van der Waals surface area (Å²) in [4.78, 5) is 27.7. The van der Waals surface area contributed by atoms with E-state index in [9.17, 15) is 14.7 Å². The monoisotopic (exact) mass is 324 g/mol. The quantitative estimate of drug-likeness (QED) is 0.923. The lowest BCUT2D eigenvalue weighted by Gasteiger charge is -2.29. The van der Waals surface area contributed by atoms with Gasteiger partial charge in [0.1, 0.15) is 6.04 Å². The molecule has 0 aliphatic carbocycles. The van der Waals surface area contributed by atoms with Crippen molar-refractivity contribution in [3.8, 4) is 0 Å². The first-order valence-electron chi connectivity index (χ1n) is 7.19. The Bertz CT molecular complexity index is 591. The summed E-state index contributed by atoms with van der Waals surface area (Å²) in [6, 6.07) is 6.75. The van der Waals surface area contributed by atoms with Crippen LogP contribution in [0.2, 0.25) is 5.02 Å². The molecule has 1 aromatic rings. The molecule has 1 fully saturated rings. The minimum Gasteiger partial charge on any atom is -0.481 e. The fourth-order valence-corrected chi connectivity index (χ4v) is 3.03. The molecule has 0 aromatic heterocycles.